The number of hydrogen-bond acceptors (Lipinski definition) is 5. The van der Waals surface area contributed by atoms with Crippen molar-refractivity contribution in [1.29, 1.82) is 0 Å². The van der Waals surface area contributed by atoms with Crippen LogP contribution in [0.1, 0.15) is 48.2 Å². The summed E-state index contributed by atoms with van der Waals surface area (Å²) in [4.78, 5) is 34.9. The fourth-order valence-electron chi connectivity index (χ4n) is 2.79. The molecule has 0 fully saturated rings. The number of rotatable bonds is 8. The first-order chi connectivity index (χ1) is 14.1. The van der Waals surface area contributed by atoms with Gasteiger partial charge in [-0.3, -0.25) is 30.6 Å². The van der Waals surface area contributed by atoms with Gasteiger partial charge in [0.05, 0.1) is 11.5 Å². The number of nitro groups is 1. The molecular weight excluding hydrogens is 386 g/mol. The molecule has 0 bridgehead atoms. The molecular formula is C22H27N3O5. The number of amides is 2. The third kappa shape index (κ3) is 6.30. The third-order valence-corrected chi connectivity index (χ3v) is 4.77. The van der Waals surface area contributed by atoms with Crippen LogP contribution in [-0.4, -0.2) is 23.3 Å². The molecule has 0 aliphatic rings. The van der Waals surface area contributed by atoms with Gasteiger partial charge in [0, 0.05) is 23.1 Å². The third-order valence-electron chi connectivity index (χ3n) is 4.77. The molecule has 0 aromatic heterocycles. The summed E-state index contributed by atoms with van der Waals surface area (Å²) in [6, 6.07) is 11.3. The Morgan fingerprint density at radius 1 is 1.10 bits per heavy atom. The van der Waals surface area contributed by atoms with Gasteiger partial charge in [-0.15, -0.1) is 0 Å². The highest BCUT2D eigenvalue weighted by molar-refractivity contribution is 5.96. The van der Waals surface area contributed by atoms with E-state index in [-0.39, 0.29) is 17.2 Å². The zero-order chi connectivity index (χ0) is 22.3. The maximum atomic E-state index is 12.5. The van der Waals surface area contributed by atoms with Crippen LogP contribution in [0.25, 0.3) is 0 Å². The van der Waals surface area contributed by atoms with Crippen LogP contribution in [0.15, 0.2) is 42.5 Å². The number of ether oxygens (including phenoxy) is 1. The largest absolute Gasteiger partial charge is 0.493 e. The maximum Gasteiger partial charge on any atom is 0.270 e. The van der Waals surface area contributed by atoms with E-state index in [9.17, 15) is 19.7 Å². The minimum atomic E-state index is -0.735. The number of benzene rings is 2. The molecule has 0 aliphatic carbocycles. The topological polar surface area (TPSA) is 111 Å². The van der Waals surface area contributed by atoms with Crippen molar-refractivity contribution in [1.82, 2.24) is 10.9 Å². The first-order valence-corrected chi connectivity index (χ1v) is 9.65. The van der Waals surface area contributed by atoms with Crippen molar-refractivity contribution in [3.8, 4) is 5.75 Å². The van der Waals surface area contributed by atoms with E-state index in [0.29, 0.717) is 19.4 Å². The molecule has 0 unspecified atom stereocenters. The summed E-state index contributed by atoms with van der Waals surface area (Å²) in [5.41, 5.74) is 6.04. The molecule has 0 atom stereocenters. The number of carbonyl (C=O) groups excluding carboxylic acids is 2. The molecule has 160 valence electrons. The first-order valence-electron chi connectivity index (χ1n) is 9.65. The average molecular weight is 413 g/mol. The number of nitro benzene ring substituents is 1. The molecule has 8 nitrogen and oxygen atoms in total. The van der Waals surface area contributed by atoms with Crippen molar-refractivity contribution < 1.29 is 19.2 Å². The lowest BCUT2D eigenvalue weighted by Gasteiger charge is -2.23. The molecule has 2 aromatic carbocycles. The minimum Gasteiger partial charge on any atom is -0.493 e. The van der Waals surface area contributed by atoms with E-state index in [4.69, 9.17) is 4.74 Å². The SMILES string of the molecule is Cc1ccc(C)c(OCCCC(C)(C)C(=O)NNC(=O)c2cccc([N+](=O)[O-])c2)c1. The minimum absolute atomic E-state index is 0.0873. The average Bonchev–Trinajstić information content (AvgIpc) is 2.71. The van der Waals surface area contributed by atoms with Crippen molar-refractivity contribution in [2.75, 3.05) is 6.61 Å². The van der Waals surface area contributed by atoms with E-state index < -0.39 is 16.2 Å². The van der Waals surface area contributed by atoms with Gasteiger partial charge in [-0.05, 0) is 49.9 Å². The van der Waals surface area contributed by atoms with Gasteiger partial charge in [0.15, 0.2) is 0 Å². The summed E-state index contributed by atoms with van der Waals surface area (Å²) < 4.78 is 5.82. The van der Waals surface area contributed by atoms with Crippen LogP contribution in [0.3, 0.4) is 0 Å². The quantitative estimate of drug-likeness (QED) is 0.388. The second-order valence-corrected chi connectivity index (χ2v) is 7.82. The zero-order valence-corrected chi connectivity index (χ0v) is 17.7. The summed E-state index contributed by atoms with van der Waals surface area (Å²) in [5, 5.41) is 10.8. The number of aryl methyl sites for hydroxylation is 2. The van der Waals surface area contributed by atoms with Crippen molar-refractivity contribution >= 4 is 17.5 Å². The molecule has 2 rings (SSSR count). The van der Waals surface area contributed by atoms with Crippen LogP contribution < -0.4 is 15.6 Å². The van der Waals surface area contributed by atoms with Gasteiger partial charge in [-0.1, -0.05) is 32.0 Å². The summed E-state index contributed by atoms with van der Waals surface area (Å²) in [6.45, 7) is 8.01. The molecule has 0 aliphatic heterocycles. The van der Waals surface area contributed by atoms with Crippen molar-refractivity contribution in [3.05, 3.63) is 69.3 Å². The molecule has 2 N–H and O–H groups in total. The number of non-ortho nitro benzene ring substituents is 1. The van der Waals surface area contributed by atoms with Crippen molar-refractivity contribution in [3.63, 3.8) is 0 Å². The van der Waals surface area contributed by atoms with E-state index in [1.165, 1.54) is 18.2 Å². The first kappa shape index (κ1) is 22.9. The summed E-state index contributed by atoms with van der Waals surface area (Å²) >= 11 is 0. The fraction of sp³-hybridized carbons (Fsp3) is 0.364. The van der Waals surface area contributed by atoms with E-state index >= 15 is 0 Å². The van der Waals surface area contributed by atoms with Gasteiger partial charge in [0.2, 0.25) is 5.91 Å². The Balaban J connectivity index is 1.82. The Morgan fingerprint density at radius 3 is 2.53 bits per heavy atom. The lowest BCUT2D eigenvalue weighted by atomic mass is 9.87. The molecule has 0 heterocycles. The monoisotopic (exact) mass is 413 g/mol. The predicted molar refractivity (Wildman–Crippen MR) is 113 cm³/mol. The van der Waals surface area contributed by atoms with Crippen LogP contribution in [-0.2, 0) is 4.79 Å². The Bertz CT molecular complexity index is 940. The van der Waals surface area contributed by atoms with Crippen LogP contribution in [0.4, 0.5) is 5.69 Å². The summed E-state index contributed by atoms with van der Waals surface area (Å²) in [5.74, 6) is -0.143. The van der Waals surface area contributed by atoms with Gasteiger partial charge >= 0.3 is 0 Å². The fourth-order valence-corrected chi connectivity index (χ4v) is 2.79. The number of carbonyl (C=O) groups is 2. The predicted octanol–water partition coefficient (Wildman–Crippen LogP) is 3.86. The Labute approximate surface area is 175 Å². The van der Waals surface area contributed by atoms with Gasteiger partial charge in [0.1, 0.15) is 5.75 Å². The number of nitrogens with zero attached hydrogens (tertiary/aromatic N) is 1. The van der Waals surface area contributed by atoms with E-state index in [1.54, 1.807) is 13.8 Å². The van der Waals surface area contributed by atoms with Crippen LogP contribution in [0.2, 0.25) is 0 Å². The smallest absolute Gasteiger partial charge is 0.270 e. The van der Waals surface area contributed by atoms with Gasteiger partial charge in [-0.25, -0.2) is 0 Å². The summed E-state index contributed by atoms with van der Waals surface area (Å²) in [7, 11) is 0. The molecule has 0 saturated carbocycles. The van der Waals surface area contributed by atoms with E-state index in [2.05, 4.69) is 10.9 Å². The lowest BCUT2D eigenvalue weighted by molar-refractivity contribution is -0.384. The van der Waals surface area contributed by atoms with Crippen LogP contribution >= 0.6 is 0 Å². The lowest BCUT2D eigenvalue weighted by Crippen LogP contribution is -2.47. The second-order valence-electron chi connectivity index (χ2n) is 7.82. The van der Waals surface area contributed by atoms with Crippen molar-refractivity contribution in [2.45, 2.75) is 40.5 Å². The zero-order valence-electron chi connectivity index (χ0n) is 17.7. The Morgan fingerprint density at radius 2 is 1.83 bits per heavy atom. The highest BCUT2D eigenvalue weighted by atomic mass is 16.6. The van der Waals surface area contributed by atoms with Gasteiger partial charge in [-0.2, -0.15) is 0 Å². The van der Waals surface area contributed by atoms with Crippen LogP contribution in [0, 0.1) is 29.4 Å². The maximum absolute atomic E-state index is 12.5. The number of nitrogens with one attached hydrogen (secondary N) is 2. The van der Waals surface area contributed by atoms with Crippen LogP contribution in [0.5, 0.6) is 5.75 Å². The highest BCUT2D eigenvalue weighted by Crippen LogP contribution is 2.24. The molecule has 0 saturated heterocycles. The molecule has 2 amide bonds. The standard InChI is InChI=1S/C22H27N3O5/c1-15-9-10-16(2)19(13-15)30-12-6-11-22(3,4)21(27)24-23-20(26)17-7-5-8-18(14-17)25(28)29/h5,7-10,13-14H,6,11-12H2,1-4H3,(H,23,26)(H,24,27). The molecule has 8 heteroatoms. The normalized spacial score (nSPS) is 10.9. The summed E-state index contributed by atoms with van der Waals surface area (Å²) in [6.07, 6.45) is 1.21. The van der Waals surface area contributed by atoms with Crippen molar-refractivity contribution in [2.24, 2.45) is 5.41 Å². The molecule has 30 heavy (non-hydrogen) atoms. The molecule has 0 radical (unpaired) electrons. The Kier molecular flexibility index (Phi) is 7.52. The van der Waals surface area contributed by atoms with Gasteiger partial charge < -0.3 is 4.74 Å². The number of hydrazine groups is 1. The second kappa shape index (κ2) is 9.87. The highest BCUT2D eigenvalue weighted by Gasteiger charge is 2.27. The van der Waals surface area contributed by atoms with Gasteiger partial charge in [0.25, 0.3) is 11.6 Å². The molecule has 0 spiro atoms. The Hall–Kier alpha value is -3.42. The molecule has 2 aromatic rings. The number of hydrogen-bond donors (Lipinski definition) is 2. The van der Waals surface area contributed by atoms with E-state index in [1.807, 2.05) is 32.0 Å². The van der Waals surface area contributed by atoms with E-state index in [0.717, 1.165) is 22.9 Å².